The normalized spacial score (nSPS) is 11.4. The minimum atomic E-state index is 0.495. The molecule has 0 bridgehead atoms. The van der Waals surface area contributed by atoms with Crippen LogP contribution >= 0.6 is 0 Å². The first-order valence-corrected chi connectivity index (χ1v) is 12.5. The highest BCUT2D eigenvalue weighted by molar-refractivity contribution is 5.68. The molecular formula is C32H34N2O2. The molecule has 0 aliphatic rings. The lowest BCUT2D eigenvalue weighted by atomic mass is 10.1. The number of hydrogen-bond donors (Lipinski definition) is 0. The number of azo groups is 1. The second-order valence-electron chi connectivity index (χ2n) is 9.76. The van der Waals surface area contributed by atoms with E-state index in [9.17, 15) is 0 Å². The molecule has 0 radical (unpaired) electrons. The molecule has 184 valence electrons. The lowest BCUT2D eigenvalue weighted by Crippen LogP contribution is -2.04. The molecule has 4 nitrogen and oxygen atoms in total. The summed E-state index contributed by atoms with van der Waals surface area (Å²) < 4.78 is 11.7. The van der Waals surface area contributed by atoms with Crippen molar-refractivity contribution in [2.24, 2.45) is 22.1 Å². The standard InChI is InChI=1S/C32H34N2O2/c1-23(2)21-35-31-9-5-7-27(19-31)25-11-15-29(16-12-25)33-34-30-17-13-26(14-18-30)28-8-6-10-32(20-28)36-22-24(3)4/h5-20,23-24H,21-22H2,1-4H3. The summed E-state index contributed by atoms with van der Waals surface area (Å²) in [5.41, 5.74) is 6.10. The van der Waals surface area contributed by atoms with E-state index < -0.39 is 0 Å². The molecular weight excluding hydrogens is 444 g/mol. The van der Waals surface area contributed by atoms with E-state index in [0.29, 0.717) is 25.0 Å². The second-order valence-corrected chi connectivity index (χ2v) is 9.76. The first kappa shape index (κ1) is 25.2. The Morgan fingerprint density at radius 2 is 0.889 bits per heavy atom. The molecule has 0 fully saturated rings. The van der Waals surface area contributed by atoms with Crippen LogP contribution in [0.1, 0.15) is 27.7 Å². The molecule has 0 saturated carbocycles. The van der Waals surface area contributed by atoms with Crippen LogP contribution in [0.25, 0.3) is 22.3 Å². The van der Waals surface area contributed by atoms with Crippen molar-refractivity contribution in [1.29, 1.82) is 0 Å². The minimum Gasteiger partial charge on any atom is -0.493 e. The molecule has 4 heteroatoms. The van der Waals surface area contributed by atoms with Gasteiger partial charge >= 0.3 is 0 Å². The van der Waals surface area contributed by atoms with Gasteiger partial charge in [0.05, 0.1) is 24.6 Å². The van der Waals surface area contributed by atoms with E-state index >= 15 is 0 Å². The van der Waals surface area contributed by atoms with Crippen LogP contribution in [0.15, 0.2) is 107 Å². The number of rotatable bonds is 10. The molecule has 4 aromatic carbocycles. The third-order valence-electron chi connectivity index (χ3n) is 5.52. The van der Waals surface area contributed by atoms with Crippen molar-refractivity contribution < 1.29 is 9.47 Å². The van der Waals surface area contributed by atoms with Crippen molar-refractivity contribution in [2.75, 3.05) is 13.2 Å². The smallest absolute Gasteiger partial charge is 0.119 e. The van der Waals surface area contributed by atoms with Gasteiger partial charge in [0.2, 0.25) is 0 Å². The molecule has 4 rings (SSSR count). The second kappa shape index (κ2) is 12.2. The largest absolute Gasteiger partial charge is 0.493 e. The van der Waals surface area contributed by atoms with Gasteiger partial charge in [-0.15, -0.1) is 0 Å². The molecule has 4 aromatic rings. The Bertz CT molecular complexity index is 1180. The summed E-state index contributed by atoms with van der Waals surface area (Å²) in [5.74, 6) is 2.77. The maximum Gasteiger partial charge on any atom is 0.119 e. The molecule has 0 aromatic heterocycles. The van der Waals surface area contributed by atoms with E-state index in [1.807, 2.05) is 48.5 Å². The highest BCUT2D eigenvalue weighted by Crippen LogP contribution is 2.29. The topological polar surface area (TPSA) is 43.2 Å². The third-order valence-corrected chi connectivity index (χ3v) is 5.52. The molecule has 0 aliphatic heterocycles. The number of nitrogens with zero attached hydrogens (tertiary/aromatic N) is 2. The summed E-state index contributed by atoms with van der Waals surface area (Å²) in [4.78, 5) is 0. The van der Waals surface area contributed by atoms with Crippen molar-refractivity contribution >= 4 is 11.4 Å². The van der Waals surface area contributed by atoms with Gasteiger partial charge in [-0.1, -0.05) is 76.2 Å². The van der Waals surface area contributed by atoms with Crippen LogP contribution in [0.3, 0.4) is 0 Å². The number of ether oxygens (including phenoxy) is 2. The molecule has 0 atom stereocenters. The zero-order valence-corrected chi connectivity index (χ0v) is 21.5. The summed E-state index contributed by atoms with van der Waals surface area (Å²) in [6.45, 7) is 10.0. The average molecular weight is 479 g/mol. The van der Waals surface area contributed by atoms with Gasteiger partial charge in [0.1, 0.15) is 11.5 Å². The number of benzene rings is 4. The van der Waals surface area contributed by atoms with E-state index in [4.69, 9.17) is 9.47 Å². The fraction of sp³-hybridized carbons (Fsp3) is 0.250. The predicted molar refractivity (Wildman–Crippen MR) is 149 cm³/mol. The van der Waals surface area contributed by atoms with Crippen LogP contribution in [0.2, 0.25) is 0 Å². The third kappa shape index (κ3) is 7.29. The van der Waals surface area contributed by atoms with Crippen molar-refractivity contribution in [3.63, 3.8) is 0 Å². The molecule has 0 aliphatic carbocycles. The van der Waals surface area contributed by atoms with Crippen molar-refractivity contribution in [3.05, 3.63) is 97.1 Å². The quantitative estimate of drug-likeness (QED) is 0.213. The fourth-order valence-corrected chi connectivity index (χ4v) is 3.61. The summed E-state index contributed by atoms with van der Waals surface area (Å²) in [6, 6.07) is 32.6. The Morgan fingerprint density at radius 3 is 1.25 bits per heavy atom. The van der Waals surface area contributed by atoms with Crippen LogP contribution in [0, 0.1) is 11.8 Å². The van der Waals surface area contributed by atoms with Crippen molar-refractivity contribution in [3.8, 4) is 33.8 Å². The lowest BCUT2D eigenvalue weighted by molar-refractivity contribution is 0.271. The predicted octanol–water partition coefficient (Wildman–Crippen LogP) is 9.51. The van der Waals surface area contributed by atoms with E-state index in [-0.39, 0.29) is 0 Å². The van der Waals surface area contributed by atoms with Gasteiger partial charge in [-0.05, 0) is 82.6 Å². The molecule has 0 saturated heterocycles. The van der Waals surface area contributed by atoms with Crippen LogP contribution in [-0.2, 0) is 0 Å². The summed E-state index contributed by atoms with van der Waals surface area (Å²) in [5, 5.41) is 8.83. The SMILES string of the molecule is CC(C)COc1cccc(-c2ccc(N=Nc3ccc(-c4cccc(OCC(C)C)c4)cc3)cc2)c1. The molecule has 0 N–H and O–H groups in total. The number of hydrogen-bond acceptors (Lipinski definition) is 4. The Hall–Kier alpha value is -3.92. The highest BCUT2D eigenvalue weighted by Gasteiger charge is 2.04. The Kier molecular flexibility index (Phi) is 8.51. The van der Waals surface area contributed by atoms with Crippen LogP contribution in [-0.4, -0.2) is 13.2 Å². The summed E-state index contributed by atoms with van der Waals surface area (Å²) >= 11 is 0. The zero-order valence-electron chi connectivity index (χ0n) is 21.5. The zero-order chi connectivity index (χ0) is 25.3. The van der Waals surface area contributed by atoms with E-state index in [0.717, 1.165) is 45.1 Å². The van der Waals surface area contributed by atoms with E-state index in [2.05, 4.69) is 86.5 Å². The molecule has 0 amide bonds. The summed E-state index contributed by atoms with van der Waals surface area (Å²) in [7, 11) is 0. The maximum atomic E-state index is 5.86. The lowest BCUT2D eigenvalue weighted by Gasteiger charge is -2.10. The van der Waals surface area contributed by atoms with Crippen LogP contribution < -0.4 is 9.47 Å². The van der Waals surface area contributed by atoms with Gasteiger partial charge in [-0.25, -0.2) is 0 Å². The molecule has 0 heterocycles. The van der Waals surface area contributed by atoms with Gasteiger partial charge in [0.25, 0.3) is 0 Å². The monoisotopic (exact) mass is 478 g/mol. The van der Waals surface area contributed by atoms with Crippen molar-refractivity contribution in [2.45, 2.75) is 27.7 Å². The highest BCUT2D eigenvalue weighted by atomic mass is 16.5. The molecule has 0 spiro atoms. The average Bonchev–Trinajstić information content (AvgIpc) is 2.90. The Labute approximate surface area is 214 Å². The van der Waals surface area contributed by atoms with Crippen molar-refractivity contribution in [1.82, 2.24) is 0 Å². The van der Waals surface area contributed by atoms with E-state index in [1.54, 1.807) is 0 Å². The Balaban J connectivity index is 1.40. The fourth-order valence-electron chi connectivity index (χ4n) is 3.61. The van der Waals surface area contributed by atoms with Gasteiger partial charge in [-0.3, -0.25) is 0 Å². The molecule has 36 heavy (non-hydrogen) atoms. The van der Waals surface area contributed by atoms with Gasteiger partial charge in [0.15, 0.2) is 0 Å². The van der Waals surface area contributed by atoms with Crippen LogP contribution in [0.5, 0.6) is 11.5 Å². The summed E-state index contributed by atoms with van der Waals surface area (Å²) in [6.07, 6.45) is 0. The van der Waals surface area contributed by atoms with Crippen LogP contribution in [0.4, 0.5) is 11.4 Å². The van der Waals surface area contributed by atoms with Gasteiger partial charge in [-0.2, -0.15) is 10.2 Å². The van der Waals surface area contributed by atoms with Gasteiger partial charge in [0, 0.05) is 0 Å². The minimum absolute atomic E-state index is 0.495. The molecule has 0 unspecified atom stereocenters. The first-order valence-electron chi connectivity index (χ1n) is 12.5. The Morgan fingerprint density at radius 1 is 0.500 bits per heavy atom. The first-order chi connectivity index (χ1) is 17.5. The van der Waals surface area contributed by atoms with Gasteiger partial charge < -0.3 is 9.47 Å². The van der Waals surface area contributed by atoms with E-state index in [1.165, 1.54) is 0 Å². The maximum absolute atomic E-state index is 5.86.